The second-order valence-corrected chi connectivity index (χ2v) is 3.64. The zero-order chi connectivity index (χ0) is 11.3. The molecular weight excluding hydrogens is 216 g/mol. The lowest BCUT2D eigenvalue weighted by Crippen LogP contribution is -2.20. The normalized spacial score (nSPS) is 12.1. The molecule has 0 saturated carbocycles. The second-order valence-electron chi connectivity index (χ2n) is 3.21. The van der Waals surface area contributed by atoms with Crippen molar-refractivity contribution in [3.05, 3.63) is 29.3 Å². The van der Waals surface area contributed by atoms with Crippen molar-refractivity contribution in [2.24, 2.45) is 5.92 Å². The molecule has 0 amide bonds. The van der Waals surface area contributed by atoms with Gasteiger partial charge < -0.3 is 9.84 Å². The number of hydrogen-bond acceptors (Lipinski definition) is 2. The summed E-state index contributed by atoms with van der Waals surface area (Å²) >= 11 is 5.70. The Labute approximate surface area is 93.6 Å². The molecular formula is C11H13ClO3. The van der Waals surface area contributed by atoms with E-state index >= 15 is 0 Å². The summed E-state index contributed by atoms with van der Waals surface area (Å²) in [5.41, 5.74) is 0. The average molecular weight is 229 g/mol. The Hall–Kier alpha value is -1.22. The molecule has 3 nitrogen and oxygen atoms in total. The van der Waals surface area contributed by atoms with Crippen molar-refractivity contribution in [3.63, 3.8) is 0 Å². The molecule has 1 rings (SSSR count). The number of rotatable bonds is 5. The van der Waals surface area contributed by atoms with Crippen LogP contribution in [-0.2, 0) is 4.79 Å². The van der Waals surface area contributed by atoms with Gasteiger partial charge in [-0.1, -0.05) is 18.5 Å². The molecule has 1 aromatic carbocycles. The Morgan fingerprint density at radius 1 is 1.47 bits per heavy atom. The minimum Gasteiger partial charge on any atom is -0.493 e. The number of benzene rings is 1. The van der Waals surface area contributed by atoms with Crippen molar-refractivity contribution in [2.75, 3.05) is 6.61 Å². The Kier molecular flexibility index (Phi) is 4.43. The van der Waals surface area contributed by atoms with E-state index in [1.807, 2.05) is 6.92 Å². The zero-order valence-electron chi connectivity index (χ0n) is 8.44. The van der Waals surface area contributed by atoms with Gasteiger partial charge in [-0.15, -0.1) is 0 Å². The monoisotopic (exact) mass is 228 g/mol. The predicted molar refractivity (Wildman–Crippen MR) is 58.4 cm³/mol. The molecule has 4 heteroatoms. The van der Waals surface area contributed by atoms with E-state index in [2.05, 4.69) is 0 Å². The fourth-order valence-electron chi connectivity index (χ4n) is 1.09. The molecule has 1 atom stereocenters. The van der Waals surface area contributed by atoms with Gasteiger partial charge in [0, 0.05) is 5.02 Å². The van der Waals surface area contributed by atoms with Crippen LogP contribution in [0.5, 0.6) is 5.75 Å². The molecule has 1 N–H and O–H groups in total. The van der Waals surface area contributed by atoms with Crippen LogP contribution in [0, 0.1) is 5.92 Å². The summed E-state index contributed by atoms with van der Waals surface area (Å²) in [5.74, 6) is -0.647. The van der Waals surface area contributed by atoms with Crippen LogP contribution in [0.1, 0.15) is 13.3 Å². The zero-order valence-corrected chi connectivity index (χ0v) is 9.20. The third kappa shape index (κ3) is 3.80. The van der Waals surface area contributed by atoms with Gasteiger partial charge in [0.25, 0.3) is 0 Å². The molecule has 0 heterocycles. The van der Waals surface area contributed by atoms with Gasteiger partial charge in [0.15, 0.2) is 0 Å². The maximum Gasteiger partial charge on any atom is 0.309 e. The maximum absolute atomic E-state index is 10.7. The molecule has 0 aliphatic rings. The number of halogens is 1. The van der Waals surface area contributed by atoms with Crippen molar-refractivity contribution in [3.8, 4) is 5.75 Å². The Balaban J connectivity index is 2.49. The van der Waals surface area contributed by atoms with Crippen LogP contribution in [0.2, 0.25) is 5.02 Å². The standard InChI is InChI=1S/C11H13ClO3/c1-2-8(11(13)14)7-15-10-5-3-9(12)4-6-10/h3-6,8H,2,7H2,1H3,(H,13,14). The number of aliphatic carboxylic acids is 1. The molecule has 1 unspecified atom stereocenters. The van der Waals surface area contributed by atoms with Crippen molar-refractivity contribution < 1.29 is 14.6 Å². The van der Waals surface area contributed by atoms with Crippen LogP contribution in [0.4, 0.5) is 0 Å². The van der Waals surface area contributed by atoms with Crippen LogP contribution in [0.3, 0.4) is 0 Å². The lowest BCUT2D eigenvalue weighted by molar-refractivity contribution is -0.142. The molecule has 0 radical (unpaired) electrons. The van der Waals surface area contributed by atoms with Gasteiger partial charge in [0.1, 0.15) is 12.4 Å². The Morgan fingerprint density at radius 3 is 2.53 bits per heavy atom. The lowest BCUT2D eigenvalue weighted by Gasteiger charge is -2.11. The molecule has 0 aliphatic carbocycles. The van der Waals surface area contributed by atoms with Crippen LogP contribution in [-0.4, -0.2) is 17.7 Å². The Bertz CT molecular complexity index is 321. The van der Waals surface area contributed by atoms with Gasteiger partial charge in [0.2, 0.25) is 0 Å². The van der Waals surface area contributed by atoms with Gasteiger partial charge in [-0.3, -0.25) is 4.79 Å². The molecule has 0 aliphatic heterocycles. The smallest absolute Gasteiger partial charge is 0.309 e. The third-order valence-electron chi connectivity index (χ3n) is 2.11. The highest BCUT2D eigenvalue weighted by molar-refractivity contribution is 6.30. The summed E-state index contributed by atoms with van der Waals surface area (Å²) < 4.78 is 5.34. The van der Waals surface area contributed by atoms with Crippen molar-refractivity contribution in [2.45, 2.75) is 13.3 Å². The van der Waals surface area contributed by atoms with Crippen LogP contribution >= 0.6 is 11.6 Å². The number of carbonyl (C=O) groups is 1. The first-order chi connectivity index (χ1) is 7.13. The number of carboxylic acid groups (broad SMARTS) is 1. The van der Waals surface area contributed by atoms with Crippen molar-refractivity contribution in [1.29, 1.82) is 0 Å². The quantitative estimate of drug-likeness (QED) is 0.843. The highest BCUT2D eigenvalue weighted by Gasteiger charge is 2.15. The van der Waals surface area contributed by atoms with E-state index in [1.54, 1.807) is 24.3 Å². The summed E-state index contributed by atoms with van der Waals surface area (Å²) in [5, 5.41) is 9.43. The van der Waals surface area contributed by atoms with E-state index in [-0.39, 0.29) is 6.61 Å². The van der Waals surface area contributed by atoms with Gasteiger partial charge in [-0.05, 0) is 30.7 Å². The molecule has 0 aromatic heterocycles. The first-order valence-corrected chi connectivity index (χ1v) is 5.12. The minimum atomic E-state index is -0.827. The average Bonchev–Trinajstić information content (AvgIpc) is 2.21. The number of ether oxygens (including phenoxy) is 1. The molecule has 0 fully saturated rings. The maximum atomic E-state index is 10.7. The van der Waals surface area contributed by atoms with E-state index < -0.39 is 11.9 Å². The van der Waals surface area contributed by atoms with Crippen molar-refractivity contribution >= 4 is 17.6 Å². The third-order valence-corrected chi connectivity index (χ3v) is 2.36. The first-order valence-electron chi connectivity index (χ1n) is 4.74. The summed E-state index contributed by atoms with van der Waals surface area (Å²) in [7, 11) is 0. The summed E-state index contributed by atoms with van der Waals surface area (Å²) in [6.45, 7) is 2.01. The Morgan fingerprint density at radius 2 is 2.07 bits per heavy atom. The molecule has 1 aromatic rings. The van der Waals surface area contributed by atoms with Gasteiger partial charge >= 0.3 is 5.97 Å². The largest absolute Gasteiger partial charge is 0.493 e. The second kappa shape index (κ2) is 5.61. The fourth-order valence-corrected chi connectivity index (χ4v) is 1.22. The predicted octanol–water partition coefficient (Wildman–Crippen LogP) is 2.83. The molecule has 0 bridgehead atoms. The molecule has 0 saturated heterocycles. The lowest BCUT2D eigenvalue weighted by atomic mass is 10.1. The van der Waals surface area contributed by atoms with E-state index in [4.69, 9.17) is 21.4 Å². The number of hydrogen-bond donors (Lipinski definition) is 1. The highest BCUT2D eigenvalue weighted by Crippen LogP contribution is 2.16. The van der Waals surface area contributed by atoms with Crippen LogP contribution in [0.25, 0.3) is 0 Å². The molecule has 82 valence electrons. The van der Waals surface area contributed by atoms with E-state index in [1.165, 1.54) is 0 Å². The fraction of sp³-hybridized carbons (Fsp3) is 0.364. The van der Waals surface area contributed by atoms with E-state index in [0.29, 0.717) is 17.2 Å². The molecule has 15 heavy (non-hydrogen) atoms. The molecule has 0 spiro atoms. The van der Waals surface area contributed by atoms with E-state index in [9.17, 15) is 4.79 Å². The highest BCUT2D eigenvalue weighted by atomic mass is 35.5. The van der Waals surface area contributed by atoms with Crippen LogP contribution < -0.4 is 4.74 Å². The number of carboxylic acids is 1. The summed E-state index contributed by atoms with van der Waals surface area (Å²) in [6.07, 6.45) is 0.558. The SMILES string of the molecule is CCC(COc1ccc(Cl)cc1)C(=O)O. The van der Waals surface area contributed by atoms with E-state index in [0.717, 1.165) is 0 Å². The first kappa shape index (κ1) is 11.9. The topological polar surface area (TPSA) is 46.5 Å². The van der Waals surface area contributed by atoms with Gasteiger partial charge in [0.05, 0.1) is 5.92 Å². The minimum absolute atomic E-state index is 0.188. The van der Waals surface area contributed by atoms with Crippen LogP contribution in [0.15, 0.2) is 24.3 Å². The summed E-state index contributed by atoms with van der Waals surface area (Å²) in [6, 6.07) is 6.85. The van der Waals surface area contributed by atoms with Gasteiger partial charge in [-0.2, -0.15) is 0 Å². The summed E-state index contributed by atoms with van der Waals surface area (Å²) in [4.78, 5) is 10.7. The van der Waals surface area contributed by atoms with Crippen molar-refractivity contribution in [1.82, 2.24) is 0 Å². The van der Waals surface area contributed by atoms with Gasteiger partial charge in [-0.25, -0.2) is 0 Å².